The number of hydrogen-bond donors (Lipinski definition) is 4. The molecule has 1 fully saturated rings. The van der Waals surface area contributed by atoms with E-state index in [0.29, 0.717) is 24.6 Å². The van der Waals surface area contributed by atoms with Crippen LogP contribution in [0.4, 0.5) is 10.7 Å². The number of aromatic amines is 1. The van der Waals surface area contributed by atoms with Crippen molar-refractivity contribution in [2.24, 2.45) is 0 Å². The zero-order chi connectivity index (χ0) is 26.4. The van der Waals surface area contributed by atoms with Crippen molar-refractivity contribution < 1.29 is 17.9 Å². The van der Waals surface area contributed by atoms with Crippen LogP contribution < -0.4 is 15.4 Å². The van der Waals surface area contributed by atoms with Crippen molar-refractivity contribution in [2.75, 3.05) is 11.9 Å². The number of amides is 1. The minimum absolute atomic E-state index is 0.0983. The Morgan fingerprint density at radius 3 is 2.68 bits per heavy atom. The minimum atomic E-state index is -3.70. The van der Waals surface area contributed by atoms with Gasteiger partial charge in [0.15, 0.2) is 5.95 Å². The van der Waals surface area contributed by atoms with Gasteiger partial charge in [-0.2, -0.15) is 0 Å². The van der Waals surface area contributed by atoms with Gasteiger partial charge in [0.2, 0.25) is 10.0 Å². The van der Waals surface area contributed by atoms with Crippen molar-refractivity contribution in [1.82, 2.24) is 25.0 Å². The fourth-order valence-electron chi connectivity index (χ4n) is 4.42. The van der Waals surface area contributed by atoms with Crippen LogP contribution in [0.1, 0.15) is 62.9 Å². The molecular formula is C25H34N6O4S2. The molecule has 2 aromatic heterocycles. The Morgan fingerprint density at radius 2 is 2.00 bits per heavy atom. The number of thiazole rings is 1. The Kier molecular flexibility index (Phi) is 8.83. The normalized spacial score (nSPS) is 18.1. The second kappa shape index (κ2) is 12.1. The number of ether oxygens (including phenoxy) is 1. The van der Waals surface area contributed by atoms with Crippen LogP contribution >= 0.6 is 11.3 Å². The van der Waals surface area contributed by atoms with Gasteiger partial charge >= 0.3 is 6.09 Å². The summed E-state index contributed by atoms with van der Waals surface area (Å²) >= 11 is 1.54. The molecule has 3 aromatic rings. The predicted molar refractivity (Wildman–Crippen MR) is 144 cm³/mol. The van der Waals surface area contributed by atoms with E-state index >= 15 is 0 Å². The first kappa shape index (κ1) is 27.1. The number of alkyl carbamates (subject to hydrolysis) is 1. The highest BCUT2D eigenvalue weighted by Gasteiger charge is 2.27. The molecule has 0 spiro atoms. The third-order valence-corrected chi connectivity index (χ3v) is 8.94. The molecule has 0 saturated heterocycles. The molecule has 1 amide bonds. The standard InChI is InChI=1S/C25H34N6O4S2/c1-4-30-37(33,34)22-13-17(14-29-24-26-11-12-27-24)5-10-20(22)21-15-28-23(36-21)18-6-8-19(9-7-18)31-25(32)35-16(2)3/h5,10-13,15-16,18-19,30H,4,6-9,14H2,1-3H3,(H,31,32)(H2,26,27,29)/t18-,19-. The van der Waals surface area contributed by atoms with Gasteiger partial charge in [-0.15, -0.1) is 11.3 Å². The van der Waals surface area contributed by atoms with E-state index < -0.39 is 10.0 Å². The van der Waals surface area contributed by atoms with E-state index in [1.54, 1.807) is 31.6 Å². The van der Waals surface area contributed by atoms with Gasteiger partial charge < -0.3 is 20.4 Å². The highest BCUT2D eigenvalue weighted by atomic mass is 32.2. The van der Waals surface area contributed by atoms with Crippen LogP contribution in [0.15, 0.2) is 41.7 Å². The van der Waals surface area contributed by atoms with Crippen LogP contribution in [-0.2, 0) is 21.3 Å². The second-order valence-corrected chi connectivity index (χ2v) is 12.1. The first-order chi connectivity index (χ1) is 17.7. The highest BCUT2D eigenvalue weighted by Crippen LogP contribution is 2.39. The SMILES string of the molecule is CCNS(=O)(=O)c1cc(CNc2ncc[nH]2)ccc1-c1cnc([C@H]2CC[C@H](NC(=O)OC(C)C)CC2)s1. The molecule has 1 aliphatic rings. The Hall–Kier alpha value is -2.96. The zero-order valence-corrected chi connectivity index (χ0v) is 22.9. The molecule has 0 atom stereocenters. The smallest absolute Gasteiger partial charge is 0.407 e. The second-order valence-electron chi connectivity index (χ2n) is 9.33. The van der Waals surface area contributed by atoms with Crippen LogP contribution in [0.5, 0.6) is 0 Å². The topological polar surface area (TPSA) is 138 Å². The third-order valence-electron chi connectivity index (χ3n) is 6.16. The summed E-state index contributed by atoms with van der Waals surface area (Å²) in [5, 5.41) is 7.10. The van der Waals surface area contributed by atoms with Crippen molar-refractivity contribution in [2.45, 2.75) is 76.0 Å². The lowest BCUT2D eigenvalue weighted by molar-refractivity contribution is 0.109. The number of carbonyl (C=O) groups is 1. The molecule has 4 N–H and O–H groups in total. The number of imidazole rings is 1. The number of H-pyrrole nitrogens is 1. The van der Waals surface area contributed by atoms with Crippen molar-refractivity contribution in [3.63, 3.8) is 0 Å². The summed E-state index contributed by atoms with van der Waals surface area (Å²) in [7, 11) is -3.70. The van der Waals surface area contributed by atoms with E-state index in [-0.39, 0.29) is 29.1 Å². The molecule has 1 aliphatic carbocycles. The van der Waals surface area contributed by atoms with Gasteiger partial charge in [0.1, 0.15) is 0 Å². The summed E-state index contributed by atoms with van der Waals surface area (Å²) in [6.45, 7) is 6.15. The van der Waals surface area contributed by atoms with E-state index in [4.69, 9.17) is 4.74 Å². The maximum Gasteiger partial charge on any atom is 0.407 e. The summed E-state index contributed by atoms with van der Waals surface area (Å²) in [5.41, 5.74) is 1.46. The number of carbonyl (C=O) groups excluding carboxylic acids is 1. The maximum atomic E-state index is 13.1. The number of nitrogens with zero attached hydrogens (tertiary/aromatic N) is 2. The number of anilines is 1. The van der Waals surface area contributed by atoms with Crippen molar-refractivity contribution in [3.05, 3.63) is 47.4 Å². The minimum Gasteiger partial charge on any atom is -0.447 e. The highest BCUT2D eigenvalue weighted by molar-refractivity contribution is 7.89. The van der Waals surface area contributed by atoms with Gasteiger partial charge in [0, 0.05) is 49.2 Å². The van der Waals surface area contributed by atoms with Crippen LogP contribution in [0.2, 0.25) is 0 Å². The molecular weight excluding hydrogens is 512 g/mol. The van der Waals surface area contributed by atoms with Gasteiger partial charge in [-0.05, 0) is 51.2 Å². The van der Waals surface area contributed by atoms with Crippen molar-refractivity contribution in [3.8, 4) is 10.4 Å². The largest absolute Gasteiger partial charge is 0.447 e. The van der Waals surface area contributed by atoms with Gasteiger partial charge in [-0.1, -0.05) is 19.1 Å². The molecule has 0 aliphatic heterocycles. The van der Waals surface area contributed by atoms with Crippen molar-refractivity contribution in [1.29, 1.82) is 0 Å². The maximum absolute atomic E-state index is 13.1. The summed E-state index contributed by atoms with van der Waals surface area (Å²) in [5.74, 6) is 0.900. The summed E-state index contributed by atoms with van der Waals surface area (Å²) in [4.78, 5) is 24.8. The number of hydrogen-bond acceptors (Lipinski definition) is 8. The van der Waals surface area contributed by atoms with Crippen LogP contribution in [0, 0.1) is 0 Å². The Bertz CT molecular complexity index is 1280. The molecule has 2 heterocycles. The fourth-order valence-corrected chi connectivity index (χ4v) is 6.92. The Balaban J connectivity index is 1.48. The monoisotopic (exact) mass is 546 g/mol. The van der Waals surface area contributed by atoms with E-state index in [1.807, 2.05) is 26.0 Å². The lowest BCUT2D eigenvalue weighted by atomic mass is 9.86. The quantitative estimate of drug-likeness (QED) is 0.291. The molecule has 200 valence electrons. The van der Waals surface area contributed by atoms with E-state index in [0.717, 1.165) is 41.1 Å². The molecule has 0 unspecified atom stereocenters. The molecule has 1 saturated carbocycles. The number of sulfonamides is 1. The van der Waals surface area contributed by atoms with Crippen LogP contribution in [0.3, 0.4) is 0 Å². The number of nitrogens with one attached hydrogen (secondary N) is 4. The summed E-state index contributed by atoms with van der Waals surface area (Å²) in [6.07, 6.45) is 8.13. The molecule has 12 heteroatoms. The Labute approximate surface area is 221 Å². The first-order valence-electron chi connectivity index (χ1n) is 12.5. The van der Waals surface area contributed by atoms with Gasteiger partial charge in [0.25, 0.3) is 0 Å². The first-order valence-corrected chi connectivity index (χ1v) is 14.8. The average Bonchev–Trinajstić information content (AvgIpc) is 3.55. The predicted octanol–water partition coefficient (Wildman–Crippen LogP) is 4.60. The number of rotatable bonds is 10. The van der Waals surface area contributed by atoms with Crippen LogP contribution in [-0.4, -0.2) is 48.2 Å². The Morgan fingerprint density at radius 1 is 1.22 bits per heavy atom. The fraction of sp³-hybridized carbons (Fsp3) is 0.480. The molecule has 4 rings (SSSR count). The van der Waals surface area contributed by atoms with Gasteiger partial charge in [-0.3, -0.25) is 0 Å². The van der Waals surface area contributed by atoms with E-state index in [1.165, 1.54) is 11.3 Å². The van der Waals surface area contributed by atoms with E-state index in [9.17, 15) is 13.2 Å². The van der Waals surface area contributed by atoms with Gasteiger partial charge in [-0.25, -0.2) is 27.9 Å². The van der Waals surface area contributed by atoms with Crippen molar-refractivity contribution >= 4 is 33.4 Å². The summed E-state index contributed by atoms with van der Waals surface area (Å²) < 4.78 is 34.0. The molecule has 0 radical (unpaired) electrons. The lowest BCUT2D eigenvalue weighted by Gasteiger charge is -2.28. The average molecular weight is 547 g/mol. The zero-order valence-electron chi connectivity index (χ0n) is 21.3. The summed E-state index contributed by atoms with van der Waals surface area (Å²) in [6, 6.07) is 5.57. The molecule has 0 bridgehead atoms. The molecule has 1 aromatic carbocycles. The molecule has 10 nitrogen and oxygen atoms in total. The number of benzene rings is 1. The van der Waals surface area contributed by atoms with Crippen LogP contribution in [0.25, 0.3) is 10.4 Å². The third kappa shape index (κ3) is 7.08. The lowest BCUT2D eigenvalue weighted by Crippen LogP contribution is -2.38. The number of aromatic nitrogens is 3. The molecule has 37 heavy (non-hydrogen) atoms. The van der Waals surface area contributed by atoms with E-state index in [2.05, 4.69) is 30.3 Å². The van der Waals surface area contributed by atoms with Gasteiger partial charge in [0.05, 0.1) is 20.9 Å².